The minimum absolute atomic E-state index is 0.116. The molecule has 2 heterocycles. The van der Waals surface area contributed by atoms with Crippen LogP contribution in [0.5, 0.6) is 11.5 Å². The number of fused-ring (bicyclic) bond motifs is 1. The molecule has 8 nitrogen and oxygen atoms in total. The van der Waals surface area contributed by atoms with Gasteiger partial charge in [0.05, 0.1) is 12.7 Å². The van der Waals surface area contributed by atoms with Crippen LogP contribution in [-0.4, -0.2) is 37.7 Å². The molecule has 0 aromatic heterocycles. The number of hydrogen-bond acceptors (Lipinski definition) is 8. The van der Waals surface area contributed by atoms with Gasteiger partial charge in [-0.3, -0.25) is 9.59 Å². The number of carbonyl (C=O) groups is 3. The molecule has 2 aliphatic carbocycles. The summed E-state index contributed by atoms with van der Waals surface area (Å²) in [5.74, 6) is -2.00. The van der Waals surface area contributed by atoms with E-state index in [-0.39, 0.29) is 24.6 Å². The first kappa shape index (κ1) is 22.5. The fraction of sp³-hybridized carbons (Fsp3) is 0.500. The largest absolute Gasteiger partial charge is 0.468 e. The fourth-order valence-electron chi connectivity index (χ4n) is 5.60. The van der Waals surface area contributed by atoms with Gasteiger partial charge in [0.25, 0.3) is 0 Å². The molecule has 1 saturated carbocycles. The molecule has 8 heteroatoms. The van der Waals surface area contributed by atoms with Gasteiger partial charge in [-0.25, -0.2) is 4.79 Å². The predicted octanol–water partition coefficient (Wildman–Crippen LogP) is 3.51. The third-order valence-corrected chi connectivity index (χ3v) is 7.27. The Morgan fingerprint density at radius 2 is 1.85 bits per heavy atom. The lowest BCUT2D eigenvalue weighted by Crippen LogP contribution is -2.43. The second-order valence-corrected chi connectivity index (χ2v) is 9.46. The van der Waals surface area contributed by atoms with Crippen LogP contribution < -0.4 is 14.8 Å². The van der Waals surface area contributed by atoms with Crippen molar-refractivity contribution in [2.24, 2.45) is 11.8 Å². The molecule has 3 atom stereocenters. The predicted molar refractivity (Wildman–Crippen MR) is 121 cm³/mol. The van der Waals surface area contributed by atoms with Gasteiger partial charge in [-0.2, -0.15) is 0 Å². The summed E-state index contributed by atoms with van der Waals surface area (Å²) in [6.45, 7) is 3.81. The van der Waals surface area contributed by atoms with Crippen LogP contribution in [0.15, 0.2) is 40.7 Å². The third-order valence-electron chi connectivity index (χ3n) is 7.27. The molecule has 0 amide bonds. The molecule has 4 aliphatic rings. The van der Waals surface area contributed by atoms with Gasteiger partial charge in [0.2, 0.25) is 6.79 Å². The summed E-state index contributed by atoms with van der Waals surface area (Å²) in [6.07, 6.45) is 4.12. The molecule has 0 saturated heterocycles. The van der Waals surface area contributed by atoms with Crippen LogP contribution in [0, 0.1) is 11.8 Å². The van der Waals surface area contributed by atoms with E-state index in [1.807, 2.05) is 19.9 Å². The van der Waals surface area contributed by atoms with Gasteiger partial charge in [0.1, 0.15) is 12.0 Å². The number of hydrogen-bond donors (Lipinski definition) is 1. The summed E-state index contributed by atoms with van der Waals surface area (Å²) in [6, 6.07) is 5.42. The standard InChI is InChI=1S/C26H29NO7/c1-13-10-17-23(24(28)20(13)25(29)31-3)22(15-8-9-18-19(11-15)33-12-32-18)21(14(2)27-17)26(30)34-16-6-4-5-7-16/h8-9,11,13,16,20,22,27H,4-7,10,12H2,1-3H3/t13-,20-,22-/m0/s1. The minimum Gasteiger partial charge on any atom is -0.468 e. The topological polar surface area (TPSA) is 100 Å². The molecule has 34 heavy (non-hydrogen) atoms. The molecule has 2 aliphatic heterocycles. The lowest BCUT2D eigenvalue weighted by molar-refractivity contribution is -0.151. The van der Waals surface area contributed by atoms with E-state index in [4.69, 9.17) is 18.9 Å². The highest BCUT2D eigenvalue weighted by molar-refractivity contribution is 6.12. The van der Waals surface area contributed by atoms with Crippen LogP contribution in [-0.2, 0) is 23.9 Å². The first-order chi connectivity index (χ1) is 16.4. The van der Waals surface area contributed by atoms with E-state index < -0.39 is 23.8 Å². The summed E-state index contributed by atoms with van der Waals surface area (Å²) in [4.78, 5) is 39.8. The summed E-state index contributed by atoms with van der Waals surface area (Å²) in [5.41, 5.74) is 2.89. The van der Waals surface area contributed by atoms with E-state index in [1.54, 1.807) is 12.1 Å². The Labute approximate surface area is 198 Å². The molecule has 0 unspecified atom stereocenters. The Balaban J connectivity index is 1.60. The van der Waals surface area contributed by atoms with Crippen molar-refractivity contribution in [2.75, 3.05) is 13.9 Å². The Bertz CT molecular complexity index is 1110. The molecule has 0 radical (unpaired) electrons. The highest BCUT2D eigenvalue weighted by Gasteiger charge is 2.47. The molecule has 0 bridgehead atoms. The SMILES string of the molecule is COC(=O)[C@@H]1C(=O)C2=C(C[C@@H]1C)NC(C)=C(C(=O)OC1CCCC1)[C@@H]2c1ccc2c(c1)OCO2. The molecule has 1 aromatic rings. The van der Waals surface area contributed by atoms with E-state index in [2.05, 4.69) is 5.32 Å². The van der Waals surface area contributed by atoms with Crippen molar-refractivity contribution in [3.63, 3.8) is 0 Å². The number of ketones is 1. The molecule has 0 spiro atoms. The first-order valence-electron chi connectivity index (χ1n) is 11.8. The molecule has 1 N–H and O–H groups in total. The molecule has 5 rings (SSSR count). The van der Waals surface area contributed by atoms with Crippen molar-refractivity contribution in [2.45, 2.75) is 58.0 Å². The van der Waals surface area contributed by atoms with Crippen molar-refractivity contribution in [1.29, 1.82) is 0 Å². The van der Waals surface area contributed by atoms with E-state index in [1.165, 1.54) is 7.11 Å². The maximum atomic E-state index is 13.8. The van der Waals surface area contributed by atoms with Gasteiger partial charge in [0, 0.05) is 22.9 Å². The Hall–Kier alpha value is -3.29. The zero-order chi connectivity index (χ0) is 24.0. The van der Waals surface area contributed by atoms with Crippen LogP contribution in [0.3, 0.4) is 0 Å². The van der Waals surface area contributed by atoms with Gasteiger partial charge in [-0.1, -0.05) is 13.0 Å². The van der Waals surface area contributed by atoms with Crippen LogP contribution in [0.1, 0.15) is 57.4 Å². The molecule has 180 valence electrons. The maximum Gasteiger partial charge on any atom is 0.337 e. The number of methoxy groups -OCH3 is 1. The normalized spacial score (nSPS) is 26.3. The fourth-order valence-corrected chi connectivity index (χ4v) is 5.60. The lowest BCUT2D eigenvalue weighted by atomic mass is 9.69. The quantitative estimate of drug-likeness (QED) is 0.530. The number of Topliss-reactive ketones (excluding diaryl/α,β-unsaturated/α-hetero) is 1. The van der Waals surface area contributed by atoms with Crippen LogP contribution >= 0.6 is 0 Å². The van der Waals surface area contributed by atoms with Gasteiger partial charge < -0.3 is 24.3 Å². The number of rotatable bonds is 4. The monoisotopic (exact) mass is 467 g/mol. The number of allylic oxidation sites excluding steroid dienone is 3. The van der Waals surface area contributed by atoms with Crippen LogP contribution in [0.2, 0.25) is 0 Å². The minimum atomic E-state index is -0.924. The Kier molecular flexibility index (Phi) is 5.83. The zero-order valence-electron chi connectivity index (χ0n) is 19.6. The van der Waals surface area contributed by atoms with Gasteiger partial charge in [-0.05, 0) is 62.6 Å². The number of benzene rings is 1. The summed E-state index contributed by atoms with van der Waals surface area (Å²) in [7, 11) is 1.29. The van der Waals surface area contributed by atoms with E-state index in [9.17, 15) is 14.4 Å². The number of ether oxygens (including phenoxy) is 4. The number of dihydropyridines is 1. The summed E-state index contributed by atoms with van der Waals surface area (Å²) < 4.78 is 21.9. The van der Waals surface area contributed by atoms with Crippen molar-refractivity contribution < 1.29 is 33.3 Å². The number of esters is 2. The average molecular weight is 468 g/mol. The molecule has 1 aromatic carbocycles. The van der Waals surface area contributed by atoms with Crippen molar-refractivity contribution in [3.05, 3.63) is 46.3 Å². The first-order valence-corrected chi connectivity index (χ1v) is 11.8. The van der Waals surface area contributed by atoms with Gasteiger partial charge in [-0.15, -0.1) is 0 Å². The molecular formula is C26H29NO7. The van der Waals surface area contributed by atoms with Crippen LogP contribution in [0.25, 0.3) is 0 Å². The van der Waals surface area contributed by atoms with E-state index >= 15 is 0 Å². The second kappa shape index (κ2) is 8.81. The zero-order valence-corrected chi connectivity index (χ0v) is 19.6. The van der Waals surface area contributed by atoms with Crippen molar-refractivity contribution in [3.8, 4) is 11.5 Å². The Morgan fingerprint density at radius 1 is 1.12 bits per heavy atom. The van der Waals surface area contributed by atoms with E-state index in [0.29, 0.717) is 40.3 Å². The van der Waals surface area contributed by atoms with Gasteiger partial charge >= 0.3 is 11.9 Å². The molecule has 1 fully saturated rings. The second-order valence-electron chi connectivity index (χ2n) is 9.46. The lowest BCUT2D eigenvalue weighted by Gasteiger charge is -2.38. The third kappa shape index (κ3) is 3.75. The van der Waals surface area contributed by atoms with Gasteiger partial charge in [0.15, 0.2) is 17.3 Å². The highest BCUT2D eigenvalue weighted by atomic mass is 16.7. The Morgan fingerprint density at radius 3 is 2.59 bits per heavy atom. The summed E-state index contributed by atoms with van der Waals surface area (Å²) in [5, 5.41) is 3.29. The highest BCUT2D eigenvalue weighted by Crippen LogP contribution is 2.47. The van der Waals surface area contributed by atoms with Crippen molar-refractivity contribution >= 4 is 17.7 Å². The molecular weight excluding hydrogens is 438 g/mol. The summed E-state index contributed by atoms with van der Waals surface area (Å²) >= 11 is 0. The number of carbonyl (C=O) groups excluding carboxylic acids is 3. The van der Waals surface area contributed by atoms with Crippen LogP contribution in [0.4, 0.5) is 0 Å². The smallest absolute Gasteiger partial charge is 0.337 e. The van der Waals surface area contributed by atoms with E-state index in [0.717, 1.165) is 31.4 Å². The number of nitrogens with one attached hydrogen (secondary N) is 1. The average Bonchev–Trinajstić information content (AvgIpc) is 3.49. The maximum absolute atomic E-state index is 13.8. The van der Waals surface area contributed by atoms with Crippen molar-refractivity contribution in [1.82, 2.24) is 5.32 Å².